The summed E-state index contributed by atoms with van der Waals surface area (Å²) in [4.78, 5) is 31.0. The van der Waals surface area contributed by atoms with E-state index >= 15 is 0 Å². The van der Waals surface area contributed by atoms with E-state index in [4.69, 9.17) is 4.74 Å². The molecule has 2 fully saturated rings. The van der Waals surface area contributed by atoms with E-state index in [0.29, 0.717) is 45.8 Å². The third kappa shape index (κ3) is 4.43. The number of non-ortho nitro benzene ring substituents is 1. The summed E-state index contributed by atoms with van der Waals surface area (Å²) in [7, 11) is 0. The van der Waals surface area contributed by atoms with E-state index in [-0.39, 0.29) is 34.3 Å². The van der Waals surface area contributed by atoms with Gasteiger partial charge in [-0.05, 0) is 35.7 Å². The van der Waals surface area contributed by atoms with Crippen LogP contribution in [0.1, 0.15) is 11.1 Å². The van der Waals surface area contributed by atoms with E-state index in [1.807, 2.05) is 11.0 Å². The summed E-state index contributed by atoms with van der Waals surface area (Å²) in [5.74, 6) is -0.444. The zero-order chi connectivity index (χ0) is 22.9. The third-order valence-electron chi connectivity index (χ3n) is 6.95. The van der Waals surface area contributed by atoms with Crippen LogP contribution in [-0.2, 0) is 22.5 Å². The molecule has 0 spiro atoms. The van der Waals surface area contributed by atoms with Crippen LogP contribution in [0.4, 0.5) is 15.8 Å². The van der Waals surface area contributed by atoms with E-state index in [9.17, 15) is 19.3 Å². The zero-order valence-electron chi connectivity index (χ0n) is 18.4. The molecular weight excluding hydrogens is 427 g/mol. The van der Waals surface area contributed by atoms with Crippen molar-refractivity contribution in [1.82, 2.24) is 9.80 Å². The van der Waals surface area contributed by atoms with Crippen LogP contribution in [0.3, 0.4) is 0 Å². The number of piperazine rings is 1. The first-order valence-corrected chi connectivity index (χ1v) is 11.4. The highest BCUT2D eigenvalue weighted by atomic mass is 19.1. The Balaban J connectivity index is 1.43. The van der Waals surface area contributed by atoms with Crippen LogP contribution in [0.5, 0.6) is 0 Å². The van der Waals surface area contributed by atoms with Gasteiger partial charge in [-0.15, -0.1) is 0 Å². The molecule has 5 rings (SSSR count). The number of hydrogen-bond acceptors (Lipinski definition) is 6. The number of nitro groups is 1. The molecule has 0 radical (unpaired) electrons. The fraction of sp³-hybridized carbons (Fsp3) is 0.458. The normalized spacial score (nSPS) is 23.1. The van der Waals surface area contributed by atoms with Crippen molar-refractivity contribution in [3.8, 4) is 0 Å². The number of anilines is 1. The third-order valence-corrected chi connectivity index (χ3v) is 6.95. The van der Waals surface area contributed by atoms with E-state index < -0.39 is 0 Å². The lowest BCUT2D eigenvalue weighted by Crippen LogP contribution is -2.61. The molecule has 33 heavy (non-hydrogen) atoms. The summed E-state index contributed by atoms with van der Waals surface area (Å²) in [6, 6.07) is 11.5. The van der Waals surface area contributed by atoms with Gasteiger partial charge in [0.2, 0.25) is 5.91 Å². The minimum atomic E-state index is -0.383. The molecule has 3 aliphatic rings. The summed E-state index contributed by atoms with van der Waals surface area (Å²) in [5, 5.41) is 11.3. The number of morpholine rings is 1. The smallest absolute Gasteiger partial charge is 0.269 e. The number of nitro benzene ring substituents is 1. The Morgan fingerprint density at radius 3 is 2.58 bits per heavy atom. The van der Waals surface area contributed by atoms with Gasteiger partial charge in [-0.2, -0.15) is 0 Å². The number of halogens is 1. The first-order valence-electron chi connectivity index (χ1n) is 11.4. The van der Waals surface area contributed by atoms with E-state index in [2.05, 4.69) is 9.80 Å². The second kappa shape index (κ2) is 9.07. The van der Waals surface area contributed by atoms with Crippen molar-refractivity contribution in [3.05, 3.63) is 69.5 Å². The molecule has 2 aromatic carbocycles. The van der Waals surface area contributed by atoms with E-state index in [1.165, 1.54) is 12.1 Å². The summed E-state index contributed by atoms with van der Waals surface area (Å²) in [5.41, 5.74) is 2.93. The molecule has 0 bridgehead atoms. The molecule has 0 N–H and O–H groups in total. The maximum atomic E-state index is 13.6. The number of amides is 1. The number of ether oxygens (including phenoxy) is 1. The lowest BCUT2D eigenvalue weighted by molar-refractivity contribution is -0.384. The van der Waals surface area contributed by atoms with Gasteiger partial charge in [-0.3, -0.25) is 19.8 Å². The zero-order valence-corrected chi connectivity index (χ0v) is 18.4. The summed E-state index contributed by atoms with van der Waals surface area (Å²) in [6.07, 6.45) is 0.485. The molecule has 1 amide bonds. The van der Waals surface area contributed by atoms with Crippen LogP contribution in [-0.4, -0.2) is 72.6 Å². The van der Waals surface area contributed by atoms with Crippen molar-refractivity contribution >= 4 is 17.3 Å². The Hall–Kier alpha value is -3.04. The highest BCUT2D eigenvalue weighted by molar-refractivity contribution is 5.82. The number of fused-ring (bicyclic) bond motifs is 3. The Morgan fingerprint density at radius 2 is 1.85 bits per heavy atom. The van der Waals surface area contributed by atoms with Crippen LogP contribution in [0, 0.1) is 21.8 Å². The van der Waals surface area contributed by atoms with Crippen molar-refractivity contribution < 1.29 is 18.8 Å². The second-order valence-corrected chi connectivity index (χ2v) is 8.94. The fourth-order valence-corrected chi connectivity index (χ4v) is 5.28. The van der Waals surface area contributed by atoms with Gasteiger partial charge in [0, 0.05) is 57.1 Å². The SMILES string of the molecule is O=C([C@@H]1Cc2cc([N+](=O)[O-])ccc2N2CCN(Cc3ccc(F)cc3)C[C@H]12)N1CCOCC1. The maximum absolute atomic E-state index is 13.6. The molecule has 3 heterocycles. The summed E-state index contributed by atoms with van der Waals surface area (Å²) >= 11 is 0. The Bertz CT molecular complexity index is 1040. The van der Waals surface area contributed by atoms with Crippen LogP contribution in [0.15, 0.2) is 42.5 Å². The molecule has 3 aliphatic heterocycles. The lowest BCUT2D eigenvalue weighted by Gasteiger charge is -2.50. The van der Waals surface area contributed by atoms with E-state index in [1.54, 1.807) is 24.3 Å². The van der Waals surface area contributed by atoms with Gasteiger partial charge in [-0.25, -0.2) is 4.39 Å². The Labute approximate surface area is 191 Å². The number of carbonyl (C=O) groups excluding carboxylic acids is 1. The van der Waals surface area contributed by atoms with Crippen LogP contribution in [0.25, 0.3) is 0 Å². The Morgan fingerprint density at radius 1 is 1.09 bits per heavy atom. The number of benzene rings is 2. The highest BCUT2D eigenvalue weighted by Crippen LogP contribution is 2.38. The van der Waals surface area contributed by atoms with Crippen molar-refractivity contribution in [3.63, 3.8) is 0 Å². The number of nitrogens with zero attached hydrogens (tertiary/aromatic N) is 4. The minimum Gasteiger partial charge on any atom is -0.378 e. The molecular formula is C24H27FN4O4. The Kier molecular flexibility index (Phi) is 5.99. The van der Waals surface area contributed by atoms with Gasteiger partial charge < -0.3 is 14.5 Å². The van der Waals surface area contributed by atoms with Crippen LogP contribution < -0.4 is 4.90 Å². The van der Waals surface area contributed by atoms with E-state index in [0.717, 1.165) is 29.9 Å². The maximum Gasteiger partial charge on any atom is 0.269 e. The molecule has 0 unspecified atom stereocenters. The van der Waals surface area contributed by atoms with Crippen molar-refractivity contribution in [2.24, 2.45) is 5.92 Å². The first-order chi connectivity index (χ1) is 16.0. The molecule has 174 valence electrons. The standard InChI is InChI=1S/C24H27FN4O4/c25-19-3-1-17(2-4-19)15-26-7-8-28-22-6-5-20(29(31)32)13-18(22)14-21(23(28)16-26)24(30)27-9-11-33-12-10-27/h1-6,13,21,23H,7-12,14-16H2/t21-,23-/m1/s1. The number of hydrogen-bond donors (Lipinski definition) is 0. The van der Waals surface area contributed by atoms with Gasteiger partial charge in [0.05, 0.1) is 30.1 Å². The molecule has 8 nitrogen and oxygen atoms in total. The molecule has 0 saturated carbocycles. The van der Waals surface area contributed by atoms with Crippen molar-refractivity contribution in [1.29, 1.82) is 0 Å². The van der Waals surface area contributed by atoms with Gasteiger partial charge in [-0.1, -0.05) is 12.1 Å². The number of carbonyl (C=O) groups is 1. The molecule has 2 aromatic rings. The molecule has 0 aliphatic carbocycles. The number of rotatable bonds is 4. The predicted molar refractivity (Wildman–Crippen MR) is 121 cm³/mol. The van der Waals surface area contributed by atoms with Gasteiger partial charge in [0.15, 0.2) is 0 Å². The van der Waals surface area contributed by atoms with Crippen molar-refractivity contribution in [2.45, 2.75) is 19.0 Å². The van der Waals surface area contributed by atoms with Crippen molar-refractivity contribution in [2.75, 3.05) is 50.8 Å². The summed E-state index contributed by atoms with van der Waals surface area (Å²) in [6.45, 7) is 5.13. The van der Waals surface area contributed by atoms with Crippen LogP contribution in [0.2, 0.25) is 0 Å². The molecule has 2 saturated heterocycles. The first kappa shape index (κ1) is 21.8. The average Bonchev–Trinajstić information content (AvgIpc) is 2.84. The van der Waals surface area contributed by atoms with Gasteiger partial charge >= 0.3 is 0 Å². The molecule has 0 aromatic heterocycles. The quantitative estimate of drug-likeness (QED) is 0.522. The molecule has 2 atom stereocenters. The second-order valence-electron chi connectivity index (χ2n) is 8.94. The summed E-state index contributed by atoms with van der Waals surface area (Å²) < 4.78 is 18.7. The molecule has 9 heteroatoms. The minimum absolute atomic E-state index is 0.0245. The largest absolute Gasteiger partial charge is 0.378 e. The lowest BCUT2D eigenvalue weighted by atomic mass is 9.82. The van der Waals surface area contributed by atoms with Gasteiger partial charge in [0.1, 0.15) is 5.82 Å². The van der Waals surface area contributed by atoms with Crippen LogP contribution >= 0.6 is 0 Å². The fourth-order valence-electron chi connectivity index (χ4n) is 5.28. The highest BCUT2D eigenvalue weighted by Gasteiger charge is 2.43. The monoisotopic (exact) mass is 454 g/mol. The topological polar surface area (TPSA) is 79.2 Å². The average molecular weight is 455 g/mol. The predicted octanol–water partition coefficient (Wildman–Crippen LogP) is 2.46. The van der Waals surface area contributed by atoms with Gasteiger partial charge in [0.25, 0.3) is 5.69 Å².